The Morgan fingerprint density at radius 3 is 2.65 bits per heavy atom. The van der Waals surface area contributed by atoms with Crippen molar-refractivity contribution >= 4 is 0 Å². The third-order valence-corrected chi connectivity index (χ3v) is 4.26. The van der Waals surface area contributed by atoms with Gasteiger partial charge in [-0.15, -0.1) is 0 Å². The van der Waals surface area contributed by atoms with E-state index in [1.54, 1.807) is 0 Å². The van der Waals surface area contributed by atoms with Crippen molar-refractivity contribution in [3.8, 4) is 6.07 Å². The van der Waals surface area contributed by atoms with Gasteiger partial charge in [-0.05, 0) is 56.0 Å². The fourth-order valence-electron chi connectivity index (χ4n) is 3.44. The van der Waals surface area contributed by atoms with E-state index in [9.17, 15) is 0 Å². The molecule has 3 nitrogen and oxygen atoms in total. The summed E-state index contributed by atoms with van der Waals surface area (Å²) in [5, 5.41) is 15.8. The van der Waals surface area contributed by atoms with Gasteiger partial charge in [0, 0.05) is 19.0 Å². The molecule has 1 aliphatic rings. The van der Waals surface area contributed by atoms with Crippen LogP contribution < -0.4 is 10.6 Å². The topological polar surface area (TPSA) is 47.8 Å². The van der Waals surface area contributed by atoms with Crippen LogP contribution in [-0.2, 0) is 0 Å². The quantitative estimate of drug-likeness (QED) is 0.670. The van der Waals surface area contributed by atoms with Crippen molar-refractivity contribution in [2.24, 2.45) is 17.3 Å². The average molecular weight is 279 g/mol. The number of nitriles is 1. The van der Waals surface area contributed by atoms with Gasteiger partial charge < -0.3 is 10.6 Å². The lowest BCUT2D eigenvalue weighted by Crippen LogP contribution is -2.43. The van der Waals surface area contributed by atoms with E-state index in [0.717, 1.165) is 31.5 Å². The summed E-state index contributed by atoms with van der Waals surface area (Å²) in [6.45, 7) is 12.4. The molecule has 1 aliphatic carbocycles. The lowest BCUT2D eigenvalue weighted by Gasteiger charge is -2.41. The maximum Gasteiger partial charge on any atom is 0.0635 e. The van der Waals surface area contributed by atoms with Gasteiger partial charge in [0.2, 0.25) is 0 Å². The molecule has 2 N–H and O–H groups in total. The molecule has 1 fully saturated rings. The molecule has 0 spiro atoms. The molecule has 0 radical (unpaired) electrons. The van der Waals surface area contributed by atoms with Crippen LogP contribution in [0.3, 0.4) is 0 Å². The molecule has 1 rings (SSSR count). The Hall–Kier alpha value is -0.590. The summed E-state index contributed by atoms with van der Waals surface area (Å²) in [6, 6.07) is 2.86. The third kappa shape index (κ3) is 7.26. The Balaban J connectivity index is 2.34. The first-order valence-electron chi connectivity index (χ1n) is 8.24. The molecule has 20 heavy (non-hydrogen) atoms. The molecule has 116 valence electrons. The van der Waals surface area contributed by atoms with E-state index in [1.807, 2.05) is 0 Å². The highest BCUT2D eigenvalue weighted by Crippen LogP contribution is 2.38. The monoisotopic (exact) mass is 279 g/mol. The van der Waals surface area contributed by atoms with Crippen LogP contribution in [0.15, 0.2) is 0 Å². The summed E-state index contributed by atoms with van der Waals surface area (Å²) in [5.74, 6) is 1.52. The average Bonchev–Trinajstić information content (AvgIpc) is 2.32. The minimum absolute atomic E-state index is 0.440. The maximum absolute atomic E-state index is 8.57. The number of hydrogen-bond donors (Lipinski definition) is 2. The van der Waals surface area contributed by atoms with Crippen molar-refractivity contribution in [3.05, 3.63) is 0 Å². The van der Waals surface area contributed by atoms with Crippen molar-refractivity contribution in [2.75, 3.05) is 19.6 Å². The molecule has 2 atom stereocenters. The first-order chi connectivity index (χ1) is 9.43. The molecular formula is C17H33N3. The first-order valence-corrected chi connectivity index (χ1v) is 8.24. The number of rotatable bonds is 8. The Bertz CT molecular complexity index is 304. The standard InChI is InChI=1S/C17H33N3/c1-14(2)6-9-20-16-10-15(11-17(3,4)12-16)13-19-8-5-7-18/h14-16,19-20H,5-6,8-13H2,1-4H3. The van der Waals surface area contributed by atoms with Crippen molar-refractivity contribution in [1.29, 1.82) is 5.26 Å². The second-order valence-electron chi connectivity index (χ2n) is 7.62. The number of hydrogen-bond acceptors (Lipinski definition) is 3. The molecule has 0 aromatic carbocycles. The predicted octanol–water partition coefficient (Wildman–Crippen LogP) is 3.32. The Labute approximate surface area is 125 Å². The lowest BCUT2D eigenvalue weighted by molar-refractivity contribution is 0.140. The summed E-state index contributed by atoms with van der Waals surface area (Å²) >= 11 is 0. The van der Waals surface area contributed by atoms with Gasteiger partial charge in [0.25, 0.3) is 0 Å². The van der Waals surface area contributed by atoms with Crippen LogP contribution in [0.2, 0.25) is 0 Å². The van der Waals surface area contributed by atoms with Crippen molar-refractivity contribution in [3.63, 3.8) is 0 Å². The van der Waals surface area contributed by atoms with Gasteiger partial charge in [-0.3, -0.25) is 0 Å². The molecule has 0 aromatic heterocycles. The molecule has 0 saturated heterocycles. The van der Waals surface area contributed by atoms with Crippen LogP contribution in [0.5, 0.6) is 0 Å². The summed E-state index contributed by atoms with van der Waals surface area (Å²) in [4.78, 5) is 0. The summed E-state index contributed by atoms with van der Waals surface area (Å²) in [5.41, 5.74) is 0.440. The second kappa shape index (κ2) is 8.64. The van der Waals surface area contributed by atoms with Gasteiger partial charge in [0.1, 0.15) is 0 Å². The normalized spacial score (nSPS) is 25.6. The van der Waals surface area contributed by atoms with Crippen LogP contribution in [0.25, 0.3) is 0 Å². The van der Waals surface area contributed by atoms with Crippen LogP contribution in [-0.4, -0.2) is 25.7 Å². The first kappa shape index (κ1) is 17.5. The van der Waals surface area contributed by atoms with E-state index in [4.69, 9.17) is 5.26 Å². The molecule has 0 aromatic rings. The SMILES string of the molecule is CC(C)CCNC1CC(CNCCC#N)CC(C)(C)C1. The Morgan fingerprint density at radius 2 is 2.00 bits per heavy atom. The van der Waals surface area contributed by atoms with Crippen LogP contribution in [0.1, 0.15) is 59.8 Å². The summed E-state index contributed by atoms with van der Waals surface area (Å²) in [7, 11) is 0. The van der Waals surface area contributed by atoms with E-state index in [2.05, 4.69) is 44.4 Å². The zero-order valence-corrected chi connectivity index (χ0v) is 13.8. The largest absolute Gasteiger partial charge is 0.315 e. The van der Waals surface area contributed by atoms with E-state index < -0.39 is 0 Å². The van der Waals surface area contributed by atoms with Crippen molar-refractivity contribution in [2.45, 2.75) is 65.8 Å². The van der Waals surface area contributed by atoms with E-state index in [1.165, 1.54) is 25.7 Å². The van der Waals surface area contributed by atoms with E-state index in [-0.39, 0.29) is 0 Å². The Morgan fingerprint density at radius 1 is 1.25 bits per heavy atom. The zero-order chi connectivity index (χ0) is 15.0. The van der Waals surface area contributed by atoms with Crippen LogP contribution in [0.4, 0.5) is 0 Å². The third-order valence-electron chi connectivity index (χ3n) is 4.26. The van der Waals surface area contributed by atoms with Crippen LogP contribution >= 0.6 is 0 Å². The summed E-state index contributed by atoms with van der Waals surface area (Å²) < 4.78 is 0. The smallest absolute Gasteiger partial charge is 0.0635 e. The fraction of sp³-hybridized carbons (Fsp3) is 0.941. The molecule has 0 aliphatic heterocycles. The maximum atomic E-state index is 8.57. The minimum Gasteiger partial charge on any atom is -0.315 e. The van der Waals surface area contributed by atoms with Gasteiger partial charge in [0.15, 0.2) is 0 Å². The molecule has 0 heterocycles. The molecule has 1 saturated carbocycles. The van der Waals surface area contributed by atoms with Gasteiger partial charge >= 0.3 is 0 Å². The van der Waals surface area contributed by atoms with Gasteiger partial charge in [-0.25, -0.2) is 0 Å². The second-order valence-corrected chi connectivity index (χ2v) is 7.62. The minimum atomic E-state index is 0.440. The van der Waals surface area contributed by atoms with E-state index in [0.29, 0.717) is 17.9 Å². The van der Waals surface area contributed by atoms with E-state index >= 15 is 0 Å². The lowest BCUT2D eigenvalue weighted by atomic mass is 9.70. The van der Waals surface area contributed by atoms with Gasteiger partial charge in [-0.2, -0.15) is 5.26 Å². The molecule has 0 bridgehead atoms. The highest BCUT2D eigenvalue weighted by atomic mass is 14.9. The molecular weight excluding hydrogens is 246 g/mol. The van der Waals surface area contributed by atoms with Gasteiger partial charge in [-0.1, -0.05) is 27.7 Å². The molecule has 2 unspecified atom stereocenters. The number of nitrogens with one attached hydrogen (secondary N) is 2. The van der Waals surface area contributed by atoms with Crippen LogP contribution in [0, 0.1) is 28.6 Å². The molecule has 0 amide bonds. The molecule has 3 heteroatoms. The van der Waals surface area contributed by atoms with Crippen molar-refractivity contribution in [1.82, 2.24) is 10.6 Å². The highest BCUT2D eigenvalue weighted by Gasteiger charge is 2.33. The highest BCUT2D eigenvalue weighted by molar-refractivity contribution is 4.89. The zero-order valence-electron chi connectivity index (χ0n) is 13.8. The Kier molecular flexibility index (Phi) is 7.55. The fourth-order valence-corrected chi connectivity index (χ4v) is 3.44. The summed E-state index contributed by atoms with van der Waals surface area (Å²) in [6.07, 6.45) is 5.75. The van der Waals surface area contributed by atoms with Gasteiger partial charge in [0.05, 0.1) is 6.07 Å². The number of nitrogens with zero attached hydrogens (tertiary/aromatic N) is 1. The van der Waals surface area contributed by atoms with Crippen molar-refractivity contribution < 1.29 is 0 Å². The predicted molar refractivity (Wildman–Crippen MR) is 85.5 cm³/mol.